The Hall–Kier alpha value is -3.32. The number of aryl methyl sites for hydroxylation is 1. The van der Waals surface area contributed by atoms with E-state index in [1.165, 1.54) is 4.68 Å². The van der Waals surface area contributed by atoms with Crippen molar-refractivity contribution in [1.82, 2.24) is 15.1 Å². The molecule has 1 atom stereocenters. The number of nitrogens with zero attached hydrogens (tertiary/aromatic N) is 1. The number of carboxylic acids is 1. The number of hydrogen-bond acceptors (Lipinski definition) is 3. The van der Waals surface area contributed by atoms with Gasteiger partial charge < -0.3 is 10.4 Å². The molecule has 0 bridgehead atoms. The molecule has 1 unspecified atom stereocenters. The normalized spacial score (nSPS) is 11.8. The zero-order valence-electron chi connectivity index (χ0n) is 15.9. The van der Waals surface area contributed by atoms with E-state index < -0.39 is 23.5 Å². The Morgan fingerprint density at radius 3 is 2.59 bits per heavy atom. The van der Waals surface area contributed by atoms with Gasteiger partial charge in [0, 0.05) is 6.07 Å². The lowest BCUT2D eigenvalue weighted by molar-refractivity contribution is -0.137. The maximum atomic E-state index is 12.8. The second-order valence-corrected chi connectivity index (χ2v) is 7.12. The van der Waals surface area contributed by atoms with Crippen molar-refractivity contribution in [3.63, 3.8) is 0 Å². The van der Waals surface area contributed by atoms with E-state index in [-0.39, 0.29) is 12.1 Å². The third-order valence-corrected chi connectivity index (χ3v) is 5.08. The number of aliphatic carboxylic acids is 1. The van der Waals surface area contributed by atoms with Gasteiger partial charge in [-0.15, -0.1) is 0 Å². The summed E-state index contributed by atoms with van der Waals surface area (Å²) >= 11 is 6.13. The number of nitrogens with one attached hydrogen (secondary N) is 2. The third-order valence-electron chi connectivity index (χ3n) is 4.76. The summed E-state index contributed by atoms with van der Waals surface area (Å²) in [6.45, 7) is 3.79. The van der Waals surface area contributed by atoms with Crippen LogP contribution in [0.4, 0.5) is 0 Å². The van der Waals surface area contributed by atoms with Crippen molar-refractivity contribution in [2.45, 2.75) is 26.3 Å². The highest BCUT2D eigenvalue weighted by atomic mass is 35.5. The quantitative estimate of drug-likeness (QED) is 0.576. The summed E-state index contributed by atoms with van der Waals surface area (Å²) in [4.78, 5) is 36.4. The number of benzene rings is 2. The average Bonchev–Trinajstić information content (AvgIpc) is 3.05. The molecule has 1 heterocycles. The Bertz CT molecular complexity index is 1130. The molecular weight excluding hydrogens is 394 g/mol. The summed E-state index contributed by atoms with van der Waals surface area (Å²) in [6.07, 6.45) is -0.286. The fourth-order valence-corrected chi connectivity index (χ4v) is 3.35. The van der Waals surface area contributed by atoms with Gasteiger partial charge in [-0.25, -0.2) is 4.68 Å². The largest absolute Gasteiger partial charge is 0.481 e. The number of carbonyl (C=O) groups excluding carboxylic acids is 1. The third kappa shape index (κ3) is 4.41. The maximum Gasteiger partial charge on any atom is 0.305 e. The van der Waals surface area contributed by atoms with Gasteiger partial charge in [0.1, 0.15) is 5.69 Å². The molecule has 0 fully saturated rings. The number of aromatic amines is 1. The number of carboxylic acid groups (broad SMARTS) is 1. The molecule has 0 saturated carbocycles. The lowest BCUT2D eigenvalue weighted by Crippen LogP contribution is -2.31. The van der Waals surface area contributed by atoms with Crippen LogP contribution < -0.4 is 10.9 Å². The number of aromatic nitrogens is 2. The molecule has 0 radical (unpaired) electrons. The molecule has 29 heavy (non-hydrogen) atoms. The Kier molecular flexibility index (Phi) is 5.89. The van der Waals surface area contributed by atoms with Crippen LogP contribution in [0.5, 0.6) is 0 Å². The average molecular weight is 414 g/mol. The minimum atomic E-state index is -1.04. The SMILES string of the molecule is Cc1cccc(C(CC(=O)O)NC(=O)c2cc(=O)n(-c3ccccc3Cl)[nH]2)c1C. The molecule has 2 aromatic carbocycles. The fourth-order valence-electron chi connectivity index (χ4n) is 3.12. The van der Waals surface area contributed by atoms with E-state index in [0.717, 1.165) is 17.2 Å². The van der Waals surface area contributed by atoms with Crippen LogP contribution in [0.15, 0.2) is 53.3 Å². The van der Waals surface area contributed by atoms with Gasteiger partial charge in [0.25, 0.3) is 11.5 Å². The van der Waals surface area contributed by atoms with Gasteiger partial charge in [-0.2, -0.15) is 0 Å². The molecular formula is C21H20ClN3O4. The summed E-state index contributed by atoms with van der Waals surface area (Å²) in [5.41, 5.74) is 2.58. The zero-order valence-corrected chi connectivity index (χ0v) is 16.7. The Morgan fingerprint density at radius 2 is 1.90 bits per heavy atom. The van der Waals surface area contributed by atoms with E-state index in [2.05, 4.69) is 10.4 Å². The summed E-state index contributed by atoms with van der Waals surface area (Å²) in [5, 5.41) is 15.1. The second kappa shape index (κ2) is 8.36. The van der Waals surface area contributed by atoms with E-state index in [1.54, 1.807) is 30.3 Å². The molecule has 7 nitrogen and oxygen atoms in total. The van der Waals surface area contributed by atoms with Gasteiger partial charge >= 0.3 is 5.97 Å². The predicted octanol–water partition coefficient (Wildman–Crippen LogP) is 3.38. The lowest BCUT2D eigenvalue weighted by atomic mass is 9.95. The standard InChI is InChI=1S/C21H20ClN3O4/c1-12-6-5-7-14(13(12)2)16(11-20(27)28)23-21(29)17-10-19(26)25(24-17)18-9-4-3-8-15(18)22/h3-10,16,24H,11H2,1-2H3,(H,23,29)(H,27,28). The molecule has 0 aliphatic carbocycles. The van der Waals surface area contributed by atoms with E-state index >= 15 is 0 Å². The van der Waals surface area contributed by atoms with Gasteiger partial charge in [-0.05, 0) is 42.7 Å². The minimum absolute atomic E-state index is 0.00983. The van der Waals surface area contributed by atoms with Crippen LogP contribution >= 0.6 is 11.6 Å². The summed E-state index contributed by atoms with van der Waals surface area (Å²) in [7, 11) is 0. The van der Waals surface area contributed by atoms with Crippen molar-refractivity contribution in [2.24, 2.45) is 0 Å². The number of H-pyrrole nitrogens is 1. The number of carbonyl (C=O) groups is 2. The molecule has 3 N–H and O–H groups in total. The van der Waals surface area contributed by atoms with Gasteiger partial charge in [0.2, 0.25) is 0 Å². The molecule has 3 aromatic rings. The maximum absolute atomic E-state index is 12.8. The van der Waals surface area contributed by atoms with Crippen molar-refractivity contribution in [3.8, 4) is 5.69 Å². The fraction of sp³-hybridized carbons (Fsp3) is 0.190. The van der Waals surface area contributed by atoms with Crippen molar-refractivity contribution in [1.29, 1.82) is 0 Å². The van der Waals surface area contributed by atoms with Crippen LogP contribution in [0.1, 0.15) is 39.6 Å². The van der Waals surface area contributed by atoms with Gasteiger partial charge in [0.15, 0.2) is 0 Å². The number of rotatable bonds is 6. The molecule has 8 heteroatoms. The van der Waals surface area contributed by atoms with Crippen LogP contribution in [0.3, 0.4) is 0 Å². The van der Waals surface area contributed by atoms with Crippen molar-refractivity contribution in [2.75, 3.05) is 0 Å². The zero-order chi connectivity index (χ0) is 21.1. The van der Waals surface area contributed by atoms with Gasteiger partial charge in [-0.3, -0.25) is 19.5 Å². The van der Waals surface area contributed by atoms with Crippen LogP contribution in [-0.2, 0) is 4.79 Å². The highest BCUT2D eigenvalue weighted by Gasteiger charge is 2.22. The van der Waals surface area contributed by atoms with Crippen molar-refractivity contribution >= 4 is 23.5 Å². The van der Waals surface area contributed by atoms with Gasteiger partial charge in [-0.1, -0.05) is 41.9 Å². The molecule has 0 aliphatic heterocycles. The summed E-state index contributed by atoms with van der Waals surface area (Å²) in [6, 6.07) is 12.7. The first-order valence-corrected chi connectivity index (χ1v) is 9.31. The Balaban J connectivity index is 1.92. The smallest absolute Gasteiger partial charge is 0.305 e. The second-order valence-electron chi connectivity index (χ2n) is 6.71. The Morgan fingerprint density at radius 1 is 1.17 bits per heavy atom. The first-order chi connectivity index (χ1) is 13.8. The number of hydrogen-bond donors (Lipinski definition) is 3. The summed E-state index contributed by atoms with van der Waals surface area (Å²) < 4.78 is 1.17. The van der Waals surface area contributed by atoms with Gasteiger partial charge in [0.05, 0.1) is 23.2 Å². The minimum Gasteiger partial charge on any atom is -0.481 e. The van der Waals surface area contributed by atoms with Crippen LogP contribution in [0.2, 0.25) is 5.02 Å². The van der Waals surface area contributed by atoms with Crippen LogP contribution in [-0.4, -0.2) is 26.8 Å². The van der Waals surface area contributed by atoms with Crippen molar-refractivity contribution < 1.29 is 14.7 Å². The highest BCUT2D eigenvalue weighted by Crippen LogP contribution is 2.24. The van der Waals surface area contributed by atoms with E-state index in [9.17, 15) is 19.5 Å². The van der Waals surface area contributed by atoms with E-state index in [0.29, 0.717) is 16.3 Å². The topological polar surface area (TPSA) is 104 Å². The van der Waals surface area contributed by atoms with E-state index in [4.69, 9.17) is 11.6 Å². The number of amides is 1. The molecule has 1 amide bonds. The molecule has 0 aliphatic rings. The monoisotopic (exact) mass is 413 g/mol. The molecule has 3 rings (SSSR count). The molecule has 0 spiro atoms. The number of para-hydroxylation sites is 1. The molecule has 1 aromatic heterocycles. The first kappa shape index (κ1) is 20.4. The number of halogens is 1. The van der Waals surface area contributed by atoms with Crippen molar-refractivity contribution in [3.05, 3.63) is 86.3 Å². The predicted molar refractivity (Wildman–Crippen MR) is 110 cm³/mol. The lowest BCUT2D eigenvalue weighted by Gasteiger charge is -2.20. The Labute approximate surface area is 171 Å². The highest BCUT2D eigenvalue weighted by molar-refractivity contribution is 6.32. The van der Waals surface area contributed by atoms with Crippen LogP contribution in [0.25, 0.3) is 5.69 Å². The van der Waals surface area contributed by atoms with Crippen LogP contribution in [0, 0.1) is 13.8 Å². The molecule has 150 valence electrons. The van der Waals surface area contributed by atoms with E-state index in [1.807, 2.05) is 26.0 Å². The first-order valence-electron chi connectivity index (χ1n) is 8.93. The summed E-state index contributed by atoms with van der Waals surface area (Å²) in [5.74, 6) is -1.63. The molecule has 0 saturated heterocycles.